The summed E-state index contributed by atoms with van der Waals surface area (Å²) in [7, 11) is 0. The lowest BCUT2D eigenvalue weighted by Crippen LogP contribution is -2.00. The number of fused-ring (bicyclic) bond motifs is 1. The van der Waals surface area contributed by atoms with E-state index < -0.39 is 0 Å². The molecule has 21 heavy (non-hydrogen) atoms. The molecule has 0 radical (unpaired) electrons. The molecule has 0 saturated heterocycles. The number of nitrogens with one attached hydrogen (secondary N) is 1. The molecule has 1 heterocycles. The van der Waals surface area contributed by atoms with E-state index in [-0.39, 0.29) is 0 Å². The van der Waals surface area contributed by atoms with E-state index in [1.807, 2.05) is 17.8 Å². The minimum Gasteiger partial charge on any atom is -0.454 e. The average Bonchev–Trinajstić information content (AvgIpc) is 2.96. The molecule has 0 unspecified atom stereocenters. The molecule has 0 atom stereocenters. The first kappa shape index (κ1) is 14.6. The maximum Gasteiger partial charge on any atom is 0.231 e. The monoisotopic (exact) mass is 365 g/mol. The highest BCUT2D eigenvalue weighted by Crippen LogP contribution is 2.40. The Balaban J connectivity index is 1.75. The van der Waals surface area contributed by atoms with Crippen LogP contribution >= 0.6 is 27.7 Å². The number of rotatable bonds is 5. The van der Waals surface area contributed by atoms with Gasteiger partial charge in [-0.25, -0.2) is 0 Å². The van der Waals surface area contributed by atoms with Crippen LogP contribution in [0.2, 0.25) is 0 Å². The molecule has 0 spiro atoms. The summed E-state index contributed by atoms with van der Waals surface area (Å²) < 4.78 is 11.8. The summed E-state index contributed by atoms with van der Waals surface area (Å²) in [6.45, 7) is 3.20. The molecule has 1 aliphatic rings. The maximum atomic E-state index is 5.45. The number of ether oxygens (including phenoxy) is 2. The van der Waals surface area contributed by atoms with E-state index in [1.54, 1.807) is 0 Å². The van der Waals surface area contributed by atoms with Gasteiger partial charge in [-0.2, -0.15) is 0 Å². The van der Waals surface area contributed by atoms with Gasteiger partial charge in [-0.3, -0.25) is 0 Å². The Morgan fingerprint density at radius 3 is 2.95 bits per heavy atom. The van der Waals surface area contributed by atoms with E-state index in [0.29, 0.717) is 6.79 Å². The van der Waals surface area contributed by atoms with Crippen molar-refractivity contribution in [1.82, 2.24) is 0 Å². The molecule has 0 aliphatic carbocycles. The van der Waals surface area contributed by atoms with Gasteiger partial charge in [0.15, 0.2) is 11.5 Å². The van der Waals surface area contributed by atoms with Crippen molar-refractivity contribution in [2.45, 2.75) is 18.4 Å². The number of hydrogen-bond donors (Lipinski definition) is 1. The minimum atomic E-state index is 0.292. The predicted octanol–water partition coefficient (Wildman–Crippen LogP) is 4.90. The molecule has 3 nitrogen and oxygen atoms in total. The zero-order valence-corrected chi connectivity index (χ0v) is 14.1. The van der Waals surface area contributed by atoms with Crippen LogP contribution in [-0.2, 0) is 6.54 Å². The van der Waals surface area contributed by atoms with Crippen LogP contribution in [0.1, 0.15) is 12.5 Å². The zero-order chi connectivity index (χ0) is 14.7. The van der Waals surface area contributed by atoms with Crippen molar-refractivity contribution >= 4 is 33.4 Å². The van der Waals surface area contributed by atoms with Crippen LogP contribution in [0.4, 0.5) is 5.69 Å². The Morgan fingerprint density at radius 2 is 2.10 bits per heavy atom. The van der Waals surface area contributed by atoms with E-state index in [0.717, 1.165) is 39.5 Å². The third-order valence-corrected chi connectivity index (χ3v) is 4.70. The van der Waals surface area contributed by atoms with Crippen molar-refractivity contribution in [3.05, 3.63) is 46.4 Å². The highest BCUT2D eigenvalue weighted by atomic mass is 79.9. The Labute approximate surface area is 137 Å². The van der Waals surface area contributed by atoms with Crippen molar-refractivity contribution in [2.24, 2.45) is 0 Å². The lowest BCUT2D eigenvalue weighted by Gasteiger charge is -2.12. The second-order valence-electron chi connectivity index (χ2n) is 4.59. The zero-order valence-electron chi connectivity index (χ0n) is 11.7. The number of thioether (sulfide) groups is 1. The molecule has 0 aromatic heterocycles. The normalized spacial score (nSPS) is 12.5. The molecule has 3 rings (SSSR count). The minimum absolute atomic E-state index is 0.292. The number of hydrogen-bond acceptors (Lipinski definition) is 4. The summed E-state index contributed by atoms with van der Waals surface area (Å²) >= 11 is 5.37. The molecule has 0 bridgehead atoms. The third-order valence-electron chi connectivity index (χ3n) is 3.16. The summed E-state index contributed by atoms with van der Waals surface area (Å²) in [6, 6.07) is 12.5. The number of anilines is 1. The Morgan fingerprint density at radius 1 is 1.24 bits per heavy atom. The second kappa shape index (κ2) is 6.62. The van der Waals surface area contributed by atoms with Crippen molar-refractivity contribution in [1.29, 1.82) is 0 Å². The molecule has 0 saturated carbocycles. The van der Waals surface area contributed by atoms with E-state index in [4.69, 9.17) is 9.47 Å². The van der Waals surface area contributed by atoms with Gasteiger partial charge in [0.05, 0.1) is 4.47 Å². The van der Waals surface area contributed by atoms with Crippen molar-refractivity contribution in [3.8, 4) is 11.5 Å². The van der Waals surface area contributed by atoms with Crippen LogP contribution in [0, 0.1) is 0 Å². The Bertz CT molecular complexity index is 648. The summed E-state index contributed by atoms with van der Waals surface area (Å²) in [5.74, 6) is 2.66. The fourth-order valence-corrected chi connectivity index (χ4v) is 3.60. The first-order valence-electron chi connectivity index (χ1n) is 6.81. The topological polar surface area (TPSA) is 30.5 Å². The summed E-state index contributed by atoms with van der Waals surface area (Å²) in [5.41, 5.74) is 2.32. The van der Waals surface area contributed by atoms with E-state index in [2.05, 4.69) is 58.5 Å². The fourth-order valence-electron chi connectivity index (χ4n) is 2.21. The molecule has 2 aromatic rings. The number of halogens is 1. The van der Waals surface area contributed by atoms with Crippen molar-refractivity contribution in [2.75, 3.05) is 17.9 Å². The van der Waals surface area contributed by atoms with Crippen LogP contribution in [-0.4, -0.2) is 12.5 Å². The molecule has 110 valence electrons. The van der Waals surface area contributed by atoms with Crippen LogP contribution in [0.5, 0.6) is 11.5 Å². The second-order valence-corrected chi connectivity index (χ2v) is 6.75. The summed E-state index contributed by atoms with van der Waals surface area (Å²) in [6.07, 6.45) is 0. The van der Waals surface area contributed by atoms with Gasteiger partial charge in [0, 0.05) is 17.1 Å². The maximum absolute atomic E-state index is 5.45. The molecule has 0 amide bonds. The van der Waals surface area contributed by atoms with Crippen LogP contribution in [0.25, 0.3) is 0 Å². The highest BCUT2D eigenvalue weighted by Gasteiger charge is 2.17. The lowest BCUT2D eigenvalue weighted by molar-refractivity contribution is 0.173. The van der Waals surface area contributed by atoms with Crippen molar-refractivity contribution in [3.63, 3.8) is 0 Å². The number of benzene rings is 2. The molecule has 1 aliphatic heterocycles. The summed E-state index contributed by atoms with van der Waals surface area (Å²) in [4.78, 5) is 1.28. The molecular formula is C16H16BrNO2S. The standard InChI is InChI=1S/C16H16BrNO2S/c1-2-21-15-6-4-3-5-13(15)18-9-11-7-12(17)16-14(8-11)19-10-20-16/h3-8,18H,2,9-10H2,1H3. The quantitative estimate of drug-likeness (QED) is 0.763. The molecule has 5 heteroatoms. The van der Waals surface area contributed by atoms with Crippen LogP contribution in [0.3, 0.4) is 0 Å². The van der Waals surface area contributed by atoms with Gasteiger partial charge in [0.2, 0.25) is 6.79 Å². The molecule has 1 N–H and O–H groups in total. The van der Waals surface area contributed by atoms with Crippen LogP contribution in [0.15, 0.2) is 45.8 Å². The fraction of sp³-hybridized carbons (Fsp3) is 0.250. The van der Waals surface area contributed by atoms with Gasteiger partial charge in [0.25, 0.3) is 0 Å². The van der Waals surface area contributed by atoms with Crippen molar-refractivity contribution < 1.29 is 9.47 Å². The first-order chi connectivity index (χ1) is 10.3. The Kier molecular flexibility index (Phi) is 4.60. The van der Waals surface area contributed by atoms with E-state index in [9.17, 15) is 0 Å². The lowest BCUT2D eigenvalue weighted by atomic mass is 10.2. The van der Waals surface area contributed by atoms with Gasteiger partial charge in [-0.15, -0.1) is 11.8 Å². The number of para-hydroxylation sites is 1. The van der Waals surface area contributed by atoms with Gasteiger partial charge < -0.3 is 14.8 Å². The van der Waals surface area contributed by atoms with Crippen LogP contribution < -0.4 is 14.8 Å². The van der Waals surface area contributed by atoms with Gasteiger partial charge in [-0.05, 0) is 51.5 Å². The van der Waals surface area contributed by atoms with Gasteiger partial charge in [-0.1, -0.05) is 19.1 Å². The largest absolute Gasteiger partial charge is 0.454 e. The van der Waals surface area contributed by atoms with E-state index >= 15 is 0 Å². The van der Waals surface area contributed by atoms with Gasteiger partial charge in [0.1, 0.15) is 0 Å². The third kappa shape index (κ3) is 3.30. The smallest absolute Gasteiger partial charge is 0.231 e. The molecular weight excluding hydrogens is 350 g/mol. The van der Waals surface area contributed by atoms with Gasteiger partial charge >= 0.3 is 0 Å². The SMILES string of the molecule is CCSc1ccccc1NCc1cc(Br)c2c(c1)OCO2. The Hall–Kier alpha value is -1.33. The highest BCUT2D eigenvalue weighted by molar-refractivity contribution is 9.10. The summed E-state index contributed by atoms with van der Waals surface area (Å²) in [5, 5.41) is 3.49. The molecule has 2 aromatic carbocycles. The molecule has 0 fully saturated rings. The average molecular weight is 366 g/mol. The first-order valence-corrected chi connectivity index (χ1v) is 8.59. The predicted molar refractivity (Wildman–Crippen MR) is 90.4 cm³/mol. The van der Waals surface area contributed by atoms with E-state index in [1.165, 1.54) is 4.90 Å².